The maximum absolute atomic E-state index is 12.0. The van der Waals surface area contributed by atoms with Crippen LogP contribution in [0.1, 0.15) is 39.5 Å². The molecule has 0 spiro atoms. The first-order valence-corrected chi connectivity index (χ1v) is 7.28. The van der Waals surface area contributed by atoms with Crippen molar-refractivity contribution in [2.75, 3.05) is 12.4 Å². The number of hydrogen-bond donors (Lipinski definition) is 2. The molecule has 0 heterocycles. The van der Waals surface area contributed by atoms with E-state index >= 15 is 0 Å². The summed E-state index contributed by atoms with van der Waals surface area (Å²) in [4.78, 5) is 12.0. The van der Waals surface area contributed by atoms with Crippen molar-refractivity contribution < 1.29 is 9.53 Å². The number of benzene rings is 1. The average Bonchev–Trinajstić information content (AvgIpc) is 2.94. The van der Waals surface area contributed by atoms with Gasteiger partial charge < -0.3 is 15.4 Å². The molecule has 0 saturated heterocycles. The number of carbonyl (C=O) groups is 1. The van der Waals surface area contributed by atoms with E-state index in [2.05, 4.69) is 10.6 Å². The number of carbonyl (C=O) groups excluding carboxylic acids is 1. The molecule has 1 amide bonds. The molecule has 0 aliphatic heterocycles. The number of rotatable bonds is 5. The zero-order valence-electron chi connectivity index (χ0n) is 12.5. The van der Waals surface area contributed by atoms with Crippen LogP contribution in [-0.4, -0.2) is 24.6 Å². The first-order chi connectivity index (χ1) is 9.51. The lowest BCUT2D eigenvalue weighted by atomic mass is 10.1. The van der Waals surface area contributed by atoms with Crippen LogP contribution in [-0.2, 0) is 4.79 Å². The third-order valence-electron chi connectivity index (χ3n) is 3.91. The van der Waals surface area contributed by atoms with Crippen LogP contribution in [0, 0.1) is 0 Å². The molecule has 110 valence electrons. The van der Waals surface area contributed by atoms with Crippen LogP contribution in [0.4, 0.5) is 5.69 Å². The molecular formula is C16H24N2O2. The summed E-state index contributed by atoms with van der Waals surface area (Å²) < 4.78 is 5.90. The van der Waals surface area contributed by atoms with Crippen LogP contribution >= 0.6 is 0 Å². The van der Waals surface area contributed by atoms with Gasteiger partial charge in [0.25, 0.3) is 0 Å². The zero-order chi connectivity index (χ0) is 14.6. The first kappa shape index (κ1) is 14.9. The van der Waals surface area contributed by atoms with Crippen molar-refractivity contribution in [3.63, 3.8) is 0 Å². The van der Waals surface area contributed by atoms with E-state index in [0.29, 0.717) is 6.10 Å². The van der Waals surface area contributed by atoms with E-state index in [1.165, 1.54) is 12.8 Å². The Balaban J connectivity index is 1.92. The topological polar surface area (TPSA) is 50.4 Å². The highest BCUT2D eigenvalue weighted by atomic mass is 16.5. The Hall–Kier alpha value is -1.55. The third-order valence-corrected chi connectivity index (χ3v) is 3.91. The summed E-state index contributed by atoms with van der Waals surface area (Å²) in [6.45, 7) is 3.69. The lowest BCUT2D eigenvalue weighted by Crippen LogP contribution is -2.47. The summed E-state index contributed by atoms with van der Waals surface area (Å²) in [5.41, 5.74) is 0.205. The molecule has 4 heteroatoms. The van der Waals surface area contributed by atoms with Crippen LogP contribution in [0.25, 0.3) is 0 Å². The number of hydrogen-bond acceptors (Lipinski definition) is 3. The minimum absolute atomic E-state index is 0.0514. The molecule has 4 nitrogen and oxygen atoms in total. The molecule has 2 rings (SSSR count). The molecule has 0 aromatic heterocycles. The quantitative estimate of drug-likeness (QED) is 0.869. The maximum Gasteiger partial charge on any atom is 0.244 e. The van der Waals surface area contributed by atoms with E-state index in [4.69, 9.17) is 4.74 Å². The number of nitrogens with one attached hydrogen (secondary N) is 2. The summed E-state index contributed by atoms with van der Waals surface area (Å²) in [6.07, 6.45) is 5.18. The van der Waals surface area contributed by atoms with Gasteiger partial charge in [-0.3, -0.25) is 4.79 Å². The largest absolute Gasteiger partial charge is 0.490 e. The van der Waals surface area contributed by atoms with Gasteiger partial charge in [0.1, 0.15) is 5.75 Å². The molecule has 2 N–H and O–H groups in total. The SMILES string of the molecule is CNC(C)(C)C(=O)Nc1ccc(OC2CCCC2)cc1. The molecule has 1 aromatic rings. The predicted octanol–water partition coefficient (Wildman–Crippen LogP) is 2.94. The minimum atomic E-state index is -0.584. The zero-order valence-corrected chi connectivity index (χ0v) is 12.5. The van der Waals surface area contributed by atoms with Crippen LogP contribution in [0.15, 0.2) is 24.3 Å². The Morgan fingerprint density at radius 1 is 1.20 bits per heavy atom. The molecule has 1 aliphatic rings. The van der Waals surface area contributed by atoms with E-state index in [0.717, 1.165) is 24.3 Å². The summed E-state index contributed by atoms with van der Waals surface area (Å²) in [6, 6.07) is 7.60. The van der Waals surface area contributed by atoms with E-state index < -0.39 is 5.54 Å². The van der Waals surface area contributed by atoms with Crippen molar-refractivity contribution >= 4 is 11.6 Å². The van der Waals surface area contributed by atoms with E-state index in [1.807, 2.05) is 38.1 Å². The van der Waals surface area contributed by atoms with Gasteiger partial charge in [-0.2, -0.15) is 0 Å². The summed E-state index contributed by atoms with van der Waals surface area (Å²) in [5.74, 6) is 0.826. The normalized spacial score (nSPS) is 16.1. The lowest BCUT2D eigenvalue weighted by molar-refractivity contribution is -0.121. The number of likely N-dealkylation sites (N-methyl/N-ethyl adjacent to an activating group) is 1. The Morgan fingerprint density at radius 3 is 2.35 bits per heavy atom. The molecule has 0 bridgehead atoms. The molecule has 1 fully saturated rings. The van der Waals surface area contributed by atoms with Crippen LogP contribution in [0.2, 0.25) is 0 Å². The molecule has 20 heavy (non-hydrogen) atoms. The van der Waals surface area contributed by atoms with Crippen LogP contribution < -0.4 is 15.4 Å². The smallest absolute Gasteiger partial charge is 0.244 e. The fourth-order valence-electron chi connectivity index (χ4n) is 2.22. The van der Waals surface area contributed by atoms with Crippen LogP contribution in [0.5, 0.6) is 5.75 Å². The summed E-state index contributed by atoms with van der Waals surface area (Å²) in [5, 5.41) is 5.88. The second-order valence-corrected chi connectivity index (χ2v) is 5.88. The van der Waals surface area contributed by atoms with Gasteiger partial charge in [-0.15, -0.1) is 0 Å². The van der Waals surface area contributed by atoms with E-state index in [9.17, 15) is 4.79 Å². The van der Waals surface area contributed by atoms with Gasteiger partial charge >= 0.3 is 0 Å². The van der Waals surface area contributed by atoms with Gasteiger partial charge in [-0.1, -0.05) is 0 Å². The van der Waals surface area contributed by atoms with Crippen molar-refractivity contribution in [3.8, 4) is 5.75 Å². The average molecular weight is 276 g/mol. The van der Waals surface area contributed by atoms with Gasteiger partial charge in [0.15, 0.2) is 0 Å². The van der Waals surface area contributed by atoms with Crippen molar-refractivity contribution in [1.29, 1.82) is 0 Å². The molecule has 0 atom stereocenters. The molecular weight excluding hydrogens is 252 g/mol. The number of anilines is 1. The van der Waals surface area contributed by atoms with Crippen molar-refractivity contribution in [2.45, 2.75) is 51.2 Å². The van der Waals surface area contributed by atoms with Gasteiger partial charge in [0, 0.05) is 5.69 Å². The number of ether oxygens (including phenoxy) is 1. The molecule has 0 unspecified atom stereocenters. The van der Waals surface area contributed by atoms with Gasteiger partial charge in [0.05, 0.1) is 11.6 Å². The molecule has 1 aromatic carbocycles. The van der Waals surface area contributed by atoms with Gasteiger partial charge in [0.2, 0.25) is 5.91 Å². The Labute approximate surface area is 120 Å². The summed E-state index contributed by atoms with van der Waals surface area (Å²) in [7, 11) is 1.78. The summed E-state index contributed by atoms with van der Waals surface area (Å²) >= 11 is 0. The predicted molar refractivity (Wildman–Crippen MR) is 81.1 cm³/mol. The highest BCUT2D eigenvalue weighted by Crippen LogP contribution is 2.25. The fourth-order valence-corrected chi connectivity index (χ4v) is 2.22. The Bertz CT molecular complexity index is 448. The fraction of sp³-hybridized carbons (Fsp3) is 0.562. The molecule has 1 saturated carbocycles. The first-order valence-electron chi connectivity index (χ1n) is 7.28. The van der Waals surface area contributed by atoms with Gasteiger partial charge in [-0.05, 0) is 70.8 Å². The Morgan fingerprint density at radius 2 is 1.80 bits per heavy atom. The minimum Gasteiger partial charge on any atom is -0.490 e. The second-order valence-electron chi connectivity index (χ2n) is 5.88. The third kappa shape index (κ3) is 3.73. The van der Waals surface area contributed by atoms with E-state index in [1.54, 1.807) is 7.05 Å². The highest BCUT2D eigenvalue weighted by Gasteiger charge is 2.25. The highest BCUT2D eigenvalue weighted by molar-refractivity contribution is 5.97. The number of amides is 1. The molecule has 0 radical (unpaired) electrons. The van der Waals surface area contributed by atoms with Gasteiger partial charge in [-0.25, -0.2) is 0 Å². The maximum atomic E-state index is 12.0. The van der Waals surface area contributed by atoms with E-state index in [-0.39, 0.29) is 5.91 Å². The van der Waals surface area contributed by atoms with Crippen molar-refractivity contribution in [1.82, 2.24) is 5.32 Å². The van der Waals surface area contributed by atoms with Crippen LogP contribution in [0.3, 0.4) is 0 Å². The second kappa shape index (κ2) is 6.27. The van der Waals surface area contributed by atoms with Crippen molar-refractivity contribution in [2.24, 2.45) is 0 Å². The Kier molecular flexibility index (Phi) is 4.65. The lowest BCUT2D eigenvalue weighted by Gasteiger charge is -2.22. The standard InChI is InChI=1S/C16H24N2O2/c1-16(2,17-3)15(19)18-12-8-10-14(11-9-12)20-13-6-4-5-7-13/h8-11,13,17H,4-7H2,1-3H3,(H,18,19). The van der Waals surface area contributed by atoms with Crippen molar-refractivity contribution in [3.05, 3.63) is 24.3 Å². The molecule has 1 aliphatic carbocycles. The monoisotopic (exact) mass is 276 g/mol.